The van der Waals surface area contributed by atoms with Crippen molar-refractivity contribution in [1.29, 1.82) is 0 Å². The molecule has 0 radical (unpaired) electrons. The van der Waals surface area contributed by atoms with Crippen LogP contribution in [-0.2, 0) is 4.74 Å². The standard InChI is InChI=1S/C24H24N6O4/c1-13-20(14(2)34-28-13)16-6-7-18-21-22(16)32-12-19(17-5-3-4-9-26-17)30(21)24(27-18)29-10-8-15(11-29)33-23(25)31/h3-7,9,15,19H,8,10-12H2,1-2H3,(H2,25,31)/t15-,19-/m1/s1. The van der Waals surface area contributed by atoms with Crippen LogP contribution >= 0.6 is 0 Å². The maximum absolute atomic E-state index is 11.3. The number of amides is 1. The Balaban J connectivity index is 1.54. The van der Waals surface area contributed by atoms with Crippen molar-refractivity contribution in [3.8, 4) is 16.9 Å². The van der Waals surface area contributed by atoms with Crippen LogP contribution in [0.15, 0.2) is 41.1 Å². The highest BCUT2D eigenvalue weighted by Gasteiger charge is 2.36. The first kappa shape index (κ1) is 20.5. The second-order valence-electron chi connectivity index (χ2n) is 8.67. The minimum absolute atomic E-state index is 0.162. The number of carbonyl (C=O) groups is 1. The highest BCUT2D eigenvalue weighted by atomic mass is 16.6. The molecule has 0 bridgehead atoms. The van der Waals surface area contributed by atoms with Gasteiger partial charge in [0.1, 0.15) is 30.0 Å². The first-order valence-corrected chi connectivity index (χ1v) is 11.2. The predicted octanol–water partition coefficient (Wildman–Crippen LogP) is 3.36. The number of imidazole rings is 1. The topological polar surface area (TPSA) is 122 Å². The Kier molecular flexibility index (Phi) is 4.68. The number of hydrogen-bond donors (Lipinski definition) is 1. The summed E-state index contributed by atoms with van der Waals surface area (Å²) in [4.78, 5) is 23.0. The average Bonchev–Trinajstić information content (AvgIpc) is 3.53. The average molecular weight is 460 g/mol. The number of aromatic nitrogens is 4. The highest BCUT2D eigenvalue weighted by molar-refractivity contribution is 5.94. The van der Waals surface area contributed by atoms with E-state index in [9.17, 15) is 4.79 Å². The summed E-state index contributed by atoms with van der Waals surface area (Å²) in [6.45, 7) is 5.45. The van der Waals surface area contributed by atoms with Crippen molar-refractivity contribution in [2.45, 2.75) is 32.4 Å². The van der Waals surface area contributed by atoms with Crippen LogP contribution in [-0.4, -0.2) is 51.6 Å². The molecule has 5 heterocycles. The summed E-state index contributed by atoms with van der Waals surface area (Å²) in [5.41, 5.74) is 10.5. The molecule has 34 heavy (non-hydrogen) atoms. The molecule has 2 aliphatic heterocycles. The Bertz CT molecular complexity index is 1380. The Labute approximate surface area is 195 Å². The van der Waals surface area contributed by atoms with Crippen LogP contribution in [0.4, 0.5) is 10.7 Å². The molecular formula is C24H24N6O4. The number of ether oxygens (including phenoxy) is 2. The van der Waals surface area contributed by atoms with Crippen LogP contribution in [0.2, 0.25) is 0 Å². The van der Waals surface area contributed by atoms with Gasteiger partial charge in [0.25, 0.3) is 0 Å². The number of benzene rings is 1. The minimum atomic E-state index is -0.757. The van der Waals surface area contributed by atoms with Crippen LogP contribution in [0.3, 0.4) is 0 Å². The van der Waals surface area contributed by atoms with E-state index in [0.29, 0.717) is 26.1 Å². The molecule has 3 aromatic heterocycles. The number of anilines is 1. The largest absolute Gasteiger partial charge is 0.488 e. The quantitative estimate of drug-likeness (QED) is 0.492. The number of primary amides is 1. The fourth-order valence-electron chi connectivity index (χ4n) is 5.07. The van der Waals surface area contributed by atoms with Crippen LogP contribution < -0.4 is 15.4 Å². The van der Waals surface area contributed by atoms with Crippen LogP contribution in [0.5, 0.6) is 5.75 Å². The van der Waals surface area contributed by atoms with Gasteiger partial charge in [-0.3, -0.25) is 9.55 Å². The third kappa shape index (κ3) is 3.17. The Morgan fingerprint density at radius 2 is 2.12 bits per heavy atom. The van der Waals surface area contributed by atoms with E-state index in [0.717, 1.165) is 51.0 Å². The molecular weight excluding hydrogens is 436 g/mol. The lowest BCUT2D eigenvalue weighted by atomic mass is 10.0. The van der Waals surface area contributed by atoms with Gasteiger partial charge in [0.2, 0.25) is 5.95 Å². The summed E-state index contributed by atoms with van der Waals surface area (Å²) in [6, 6.07) is 9.71. The zero-order valence-electron chi connectivity index (χ0n) is 18.9. The lowest BCUT2D eigenvalue weighted by Crippen LogP contribution is -2.31. The fraction of sp³-hybridized carbons (Fsp3) is 0.333. The highest BCUT2D eigenvalue weighted by Crippen LogP contribution is 2.46. The predicted molar refractivity (Wildman–Crippen MR) is 124 cm³/mol. The van der Waals surface area contributed by atoms with Gasteiger partial charge >= 0.3 is 6.09 Å². The number of hydrogen-bond acceptors (Lipinski definition) is 8. The zero-order valence-corrected chi connectivity index (χ0v) is 18.9. The van der Waals surface area contributed by atoms with Crippen molar-refractivity contribution in [3.05, 3.63) is 53.7 Å². The Morgan fingerprint density at radius 1 is 1.24 bits per heavy atom. The molecule has 4 aromatic rings. The van der Waals surface area contributed by atoms with Gasteiger partial charge in [0.15, 0.2) is 5.75 Å². The van der Waals surface area contributed by atoms with Gasteiger partial charge in [-0.05, 0) is 38.1 Å². The second kappa shape index (κ2) is 7.75. The maximum atomic E-state index is 11.3. The molecule has 1 aromatic carbocycles. The van der Waals surface area contributed by atoms with Gasteiger partial charge in [0.05, 0.1) is 29.0 Å². The summed E-state index contributed by atoms with van der Waals surface area (Å²) in [5.74, 6) is 2.28. The second-order valence-corrected chi connectivity index (χ2v) is 8.67. The third-order valence-electron chi connectivity index (χ3n) is 6.53. The molecule has 0 unspecified atom stereocenters. The zero-order chi connectivity index (χ0) is 23.4. The summed E-state index contributed by atoms with van der Waals surface area (Å²) >= 11 is 0. The summed E-state index contributed by atoms with van der Waals surface area (Å²) in [7, 11) is 0. The van der Waals surface area contributed by atoms with E-state index in [-0.39, 0.29) is 12.1 Å². The first-order chi connectivity index (χ1) is 16.5. The summed E-state index contributed by atoms with van der Waals surface area (Å²) < 4.78 is 19.3. The molecule has 0 aliphatic carbocycles. The monoisotopic (exact) mass is 460 g/mol. The number of aryl methyl sites for hydroxylation is 2. The van der Waals surface area contributed by atoms with E-state index >= 15 is 0 Å². The van der Waals surface area contributed by atoms with E-state index in [2.05, 4.69) is 19.6 Å². The molecule has 1 amide bonds. The van der Waals surface area contributed by atoms with E-state index in [1.165, 1.54) is 0 Å². The molecule has 1 saturated heterocycles. The number of carbonyl (C=O) groups excluding carboxylic acids is 1. The van der Waals surface area contributed by atoms with Gasteiger partial charge in [-0.15, -0.1) is 0 Å². The normalized spacial score (nSPS) is 19.4. The smallest absolute Gasteiger partial charge is 0.404 e. The minimum Gasteiger partial charge on any atom is -0.488 e. The molecule has 6 rings (SSSR count). The molecule has 2 atom stereocenters. The number of nitrogens with two attached hydrogens (primary N) is 1. The maximum Gasteiger partial charge on any atom is 0.404 e. The Morgan fingerprint density at radius 3 is 2.85 bits per heavy atom. The summed E-state index contributed by atoms with van der Waals surface area (Å²) in [5, 5.41) is 4.13. The molecule has 1 fully saturated rings. The van der Waals surface area contributed by atoms with Crippen molar-refractivity contribution in [1.82, 2.24) is 19.7 Å². The lowest BCUT2D eigenvalue weighted by Gasteiger charge is -2.30. The van der Waals surface area contributed by atoms with Gasteiger partial charge in [0, 0.05) is 24.7 Å². The van der Waals surface area contributed by atoms with Gasteiger partial charge in [-0.1, -0.05) is 11.2 Å². The van der Waals surface area contributed by atoms with Crippen molar-refractivity contribution in [2.24, 2.45) is 5.73 Å². The molecule has 174 valence electrons. The van der Waals surface area contributed by atoms with Gasteiger partial charge < -0.3 is 24.6 Å². The molecule has 2 aliphatic rings. The van der Waals surface area contributed by atoms with E-state index in [1.54, 1.807) is 6.20 Å². The fourth-order valence-corrected chi connectivity index (χ4v) is 5.07. The molecule has 0 saturated carbocycles. The van der Waals surface area contributed by atoms with Crippen molar-refractivity contribution < 1.29 is 18.8 Å². The molecule has 0 spiro atoms. The van der Waals surface area contributed by atoms with Gasteiger partial charge in [-0.25, -0.2) is 9.78 Å². The van der Waals surface area contributed by atoms with Crippen LogP contribution in [0.25, 0.3) is 22.2 Å². The van der Waals surface area contributed by atoms with Crippen molar-refractivity contribution in [3.63, 3.8) is 0 Å². The first-order valence-electron chi connectivity index (χ1n) is 11.2. The number of nitrogens with zero attached hydrogens (tertiary/aromatic N) is 5. The number of rotatable bonds is 4. The SMILES string of the molecule is Cc1noc(C)c1-c1ccc2nc(N3CC[C@@H](OC(N)=O)C3)n3c2c1OC[C@@H]3c1ccccn1. The number of pyridine rings is 1. The van der Waals surface area contributed by atoms with Gasteiger partial charge in [-0.2, -0.15) is 0 Å². The molecule has 10 heteroatoms. The molecule has 2 N–H and O–H groups in total. The van der Waals surface area contributed by atoms with E-state index in [1.807, 2.05) is 44.2 Å². The lowest BCUT2D eigenvalue weighted by molar-refractivity contribution is 0.117. The van der Waals surface area contributed by atoms with E-state index in [4.69, 9.17) is 24.7 Å². The van der Waals surface area contributed by atoms with Crippen molar-refractivity contribution >= 4 is 23.1 Å². The van der Waals surface area contributed by atoms with Crippen LogP contribution in [0, 0.1) is 13.8 Å². The van der Waals surface area contributed by atoms with Crippen LogP contribution in [0.1, 0.15) is 29.6 Å². The summed E-state index contributed by atoms with van der Waals surface area (Å²) in [6.07, 6.45) is 1.45. The molecule has 10 nitrogen and oxygen atoms in total. The Hall–Kier alpha value is -4.08. The van der Waals surface area contributed by atoms with Crippen molar-refractivity contribution in [2.75, 3.05) is 24.6 Å². The van der Waals surface area contributed by atoms with E-state index < -0.39 is 6.09 Å². The third-order valence-corrected chi connectivity index (χ3v) is 6.53.